The summed E-state index contributed by atoms with van der Waals surface area (Å²) in [6, 6.07) is 8.18. The van der Waals surface area contributed by atoms with Crippen molar-refractivity contribution in [2.75, 3.05) is 0 Å². The quantitative estimate of drug-likeness (QED) is 0.846. The van der Waals surface area contributed by atoms with E-state index < -0.39 is 0 Å². The second-order valence-electron chi connectivity index (χ2n) is 5.14. The smallest absolute Gasteiger partial charge is 0.132 e. The molecule has 0 aliphatic rings. The number of Topliss-reactive ketones (excluding diaryl/α,β-unsaturated/α-hetero) is 1. The zero-order chi connectivity index (χ0) is 12.3. The molecule has 0 heterocycles. The molecule has 1 rings (SSSR count). The molecule has 1 aromatic rings. The highest BCUT2D eigenvalue weighted by Gasteiger charge is 2.15. The van der Waals surface area contributed by atoms with E-state index in [2.05, 4.69) is 12.1 Å². The average molecular weight is 219 g/mol. The zero-order valence-corrected chi connectivity index (χ0v) is 10.6. The van der Waals surface area contributed by atoms with E-state index in [0.717, 1.165) is 12.0 Å². The van der Waals surface area contributed by atoms with Crippen molar-refractivity contribution in [2.45, 2.75) is 39.7 Å². The summed E-state index contributed by atoms with van der Waals surface area (Å²) in [4.78, 5) is 11.2. The maximum atomic E-state index is 11.2. The fourth-order valence-electron chi connectivity index (χ4n) is 1.60. The van der Waals surface area contributed by atoms with Crippen LogP contribution < -0.4 is 5.73 Å². The van der Waals surface area contributed by atoms with Gasteiger partial charge in [-0.05, 0) is 38.3 Å². The van der Waals surface area contributed by atoms with Gasteiger partial charge in [-0.2, -0.15) is 0 Å². The van der Waals surface area contributed by atoms with Crippen LogP contribution in [0.15, 0.2) is 24.3 Å². The minimum absolute atomic E-state index is 0.0798. The van der Waals surface area contributed by atoms with Crippen molar-refractivity contribution < 1.29 is 4.79 Å². The summed E-state index contributed by atoms with van der Waals surface area (Å²) < 4.78 is 0. The average Bonchev–Trinajstić information content (AvgIpc) is 2.16. The van der Waals surface area contributed by atoms with Gasteiger partial charge in [-0.3, -0.25) is 4.79 Å². The fourth-order valence-corrected chi connectivity index (χ4v) is 1.60. The van der Waals surface area contributed by atoms with E-state index in [-0.39, 0.29) is 17.2 Å². The van der Waals surface area contributed by atoms with Gasteiger partial charge in [-0.15, -0.1) is 0 Å². The first kappa shape index (κ1) is 12.9. The first-order valence-electron chi connectivity index (χ1n) is 5.69. The van der Waals surface area contributed by atoms with Gasteiger partial charge in [0.05, 0.1) is 0 Å². The van der Waals surface area contributed by atoms with E-state index in [4.69, 9.17) is 5.73 Å². The predicted octanol–water partition coefficient (Wildman–Crippen LogP) is 2.65. The second kappa shape index (κ2) is 4.79. The van der Waals surface area contributed by atoms with E-state index in [1.807, 2.05) is 32.9 Å². The standard InChI is InChI=1S/C14H21NO/c1-10(11(2)16)8-12-6-5-7-13(9-12)14(3,4)15/h5-7,9-10H,8,15H2,1-4H3. The molecule has 0 spiro atoms. The minimum Gasteiger partial charge on any atom is -0.322 e. The molecule has 0 aromatic heterocycles. The Bertz CT molecular complexity index is 377. The van der Waals surface area contributed by atoms with Crippen LogP contribution in [0.5, 0.6) is 0 Å². The molecular weight excluding hydrogens is 198 g/mol. The zero-order valence-electron chi connectivity index (χ0n) is 10.6. The third kappa shape index (κ3) is 3.46. The van der Waals surface area contributed by atoms with E-state index in [9.17, 15) is 4.79 Å². The molecule has 1 atom stereocenters. The minimum atomic E-state index is -0.324. The molecule has 0 amide bonds. The molecular formula is C14H21NO. The highest BCUT2D eigenvalue weighted by atomic mass is 16.1. The number of ketones is 1. The second-order valence-corrected chi connectivity index (χ2v) is 5.14. The van der Waals surface area contributed by atoms with Gasteiger partial charge in [-0.25, -0.2) is 0 Å². The van der Waals surface area contributed by atoms with Crippen LogP contribution in [0.2, 0.25) is 0 Å². The Labute approximate surface area is 97.9 Å². The van der Waals surface area contributed by atoms with Gasteiger partial charge in [-0.1, -0.05) is 31.2 Å². The monoisotopic (exact) mass is 219 g/mol. The van der Waals surface area contributed by atoms with Crippen molar-refractivity contribution in [1.29, 1.82) is 0 Å². The summed E-state index contributed by atoms with van der Waals surface area (Å²) in [6.07, 6.45) is 0.791. The summed E-state index contributed by atoms with van der Waals surface area (Å²) in [5.74, 6) is 0.313. The molecule has 2 N–H and O–H groups in total. The Balaban J connectivity index is 2.87. The summed E-state index contributed by atoms with van der Waals surface area (Å²) in [5, 5.41) is 0. The van der Waals surface area contributed by atoms with Crippen molar-refractivity contribution in [2.24, 2.45) is 11.7 Å². The lowest BCUT2D eigenvalue weighted by Gasteiger charge is -2.20. The lowest BCUT2D eigenvalue weighted by molar-refractivity contribution is -0.120. The van der Waals surface area contributed by atoms with Gasteiger partial charge in [0.1, 0.15) is 5.78 Å². The number of carbonyl (C=O) groups is 1. The van der Waals surface area contributed by atoms with Crippen molar-refractivity contribution in [3.63, 3.8) is 0 Å². The molecule has 0 bridgehead atoms. The summed E-state index contributed by atoms with van der Waals surface area (Å²) in [6.45, 7) is 7.57. The predicted molar refractivity (Wildman–Crippen MR) is 67.2 cm³/mol. The van der Waals surface area contributed by atoms with Crippen LogP contribution in [-0.4, -0.2) is 5.78 Å². The van der Waals surface area contributed by atoms with Gasteiger partial charge >= 0.3 is 0 Å². The van der Waals surface area contributed by atoms with Gasteiger partial charge in [0.2, 0.25) is 0 Å². The summed E-state index contributed by atoms with van der Waals surface area (Å²) >= 11 is 0. The van der Waals surface area contributed by atoms with Crippen LogP contribution in [0.1, 0.15) is 38.8 Å². The molecule has 88 valence electrons. The third-order valence-corrected chi connectivity index (χ3v) is 2.91. The number of hydrogen-bond acceptors (Lipinski definition) is 2. The molecule has 0 saturated carbocycles. The fraction of sp³-hybridized carbons (Fsp3) is 0.500. The Morgan fingerprint density at radius 3 is 2.56 bits per heavy atom. The van der Waals surface area contributed by atoms with Crippen molar-refractivity contribution in [1.82, 2.24) is 0 Å². The van der Waals surface area contributed by atoms with E-state index >= 15 is 0 Å². The Hall–Kier alpha value is -1.15. The molecule has 0 aliphatic heterocycles. The lowest BCUT2D eigenvalue weighted by Crippen LogP contribution is -2.28. The normalized spacial score (nSPS) is 13.6. The molecule has 1 aromatic carbocycles. The molecule has 0 radical (unpaired) electrons. The first-order chi connectivity index (χ1) is 7.30. The number of carbonyl (C=O) groups excluding carboxylic acids is 1. The van der Waals surface area contributed by atoms with Gasteiger partial charge in [0, 0.05) is 11.5 Å². The molecule has 0 saturated heterocycles. The number of benzene rings is 1. The van der Waals surface area contributed by atoms with Gasteiger partial charge < -0.3 is 5.73 Å². The van der Waals surface area contributed by atoms with Gasteiger partial charge in [0.15, 0.2) is 0 Å². The van der Waals surface area contributed by atoms with Crippen LogP contribution in [0.4, 0.5) is 0 Å². The maximum absolute atomic E-state index is 11.2. The molecule has 0 aliphatic carbocycles. The van der Waals surface area contributed by atoms with Crippen LogP contribution in [0.3, 0.4) is 0 Å². The maximum Gasteiger partial charge on any atom is 0.132 e. The largest absolute Gasteiger partial charge is 0.322 e. The van der Waals surface area contributed by atoms with E-state index in [1.54, 1.807) is 6.92 Å². The van der Waals surface area contributed by atoms with Crippen LogP contribution in [-0.2, 0) is 16.8 Å². The Morgan fingerprint density at radius 2 is 2.06 bits per heavy atom. The van der Waals surface area contributed by atoms with Crippen molar-refractivity contribution in [3.8, 4) is 0 Å². The van der Waals surface area contributed by atoms with Crippen LogP contribution in [0, 0.1) is 5.92 Å². The third-order valence-electron chi connectivity index (χ3n) is 2.91. The molecule has 0 fully saturated rings. The Kier molecular flexibility index (Phi) is 3.87. The Morgan fingerprint density at radius 1 is 1.44 bits per heavy atom. The molecule has 2 heteroatoms. The van der Waals surface area contributed by atoms with Crippen molar-refractivity contribution >= 4 is 5.78 Å². The van der Waals surface area contributed by atoms with Gasteiger partial charge in [0.25, 0.3) is 0 Å². The molecule has 16 heavy (non-hydrogen) atoms. The lowest BCUT2D eigenvalue weighted by atomic mass is 9.91. The van der Waals surface area contributed by atoms with Crippen LogP contribution in [0.25, 0.3) is 0 Å². The molecule has 1 unspecified atom stereocenters. The highest BCUT2D eigenvalue weighted by molar-refractivity contribution is 5.78. The van der Waals surface area contributed by atoms with E-state index in [1.165, 1.54) is 5.56 Å². The molecule has 2 nitrogen and oxygen atoms in total. The number of hydrogen-bond donors (Lipinski definition) is 1. The topological polar surface area (TPSA) is 43.1 Å². The number of nitrogens with two attached hydrogens (primary N) is 1. The van der Waals surface area contributed by atoms with E-state index in [0.29, 0.717) is 0 Å². The number of rotatable bonds is 4. The summed E-state index contributed by atoms with van der Waals surface area (Å²) in [7, 11) is 0. The van der Waals surface area contributed by atoms with Crippen molar-refractivity contribution in [3.05, 3.63) is 35.4 Å². The summed E-state index contributed by atoms with van der Waals surface area (Å²) in [5.41, 5.74) is 8.02. The highest BCUT2D eigenvalue weighted by Crippen LogP contribution is 2.19. The van der Waals surface area contributed by atoms with Crippen LogP contribution >= 0.6 is 0 Å². The SMILES string of the molecule is CC(=O)C(C)Cc1cccc(C(C)(C)N)c1. The first-order valence-corrected chi connectivity index (χ1v) is 5.69.